The van der Waals surface area contributed by atoms with Crippen molar-refractivity contribution in [1.82, 2.24) is 9.62 Å². The van der Waals surface area contributed by atoms with E-state index in [0.717, 1.165) is 18.4 Å². The topological polar surface area (TPSA) is 66.5 Å². The van der Waals surface area contributed by atoms with Gasteiger partial charge in [0.2, 0.25) is 15.9 Å². The SMILES string of the molecule is O=C(NCCCc1ccc(F)cc1)C1CCCN(S(=O)(=O)c2ccc(Cl)cc2)C1. The largest absolute Gasteiger partial charge is 0.356 e. The summed E-state index contributed by atoms with van der Waals surface area (Å²) in [6.45, 7) is 1.07. The van der Waals surface area contributed by atoms with Crippen molar-refractivity contribution < 1.29 is 17.6 Å². The number of aryl methyl sites for hydroxylation is 1. The second-order valence-electron chi connectivity index (χ2n) is 7.18. The van der Waals surface area contributed by atoms with Crippen LogP contribution in [0.4, 0.5) is 4.39 Å². The minimum Gasteiger partial charge on any atom is -0.356 e. The molecule has 1 atom stereocenters. The van der Waals surface area contributed by atoms with E-state index in [1.54, 1.807) is 24.3 Å². The summed E-state index contributed by atoms with van der Waals surface area (Å²) in [7, 11) is -3.65. The van der Waals surface area contributed by atoms with Crippen molar-refractivity contribution in [2.45, 2.75) is 30.6 Å². The molecule has 156 valence electrons. The summed E-state index contributed by atoms with van der Waals surface area (Å²) >= 11 is 5.84. The van der Waals surface area contributed by atoms with E-state index in [1.807, 2.05) is 0 Å². The Bertz CT molecular complexity index is 933. The highest BCUT2D eigenvalue weighted by Crippen LogP contribution is 2.24. The van der Waals surface area contributed by atoms with Crippen molar-refractivity contribution in [3.8, 4) is 0 Å². The summed E-state index contributed by atoms with van der Waals surface area (Å²) in [5.74, 6) is -0.755. The fourth-order valence-corrected chi connectivity index (χ4v) is 5.08. The molecule has 1 fully saturated rings. The van der Waals surface area contributed by atoms with Gasteiger partial charge in [-0.25, -0.2) is 12.8 Å². The Balaban J connectivity index is 1.51. The fourth-order valence-electron chi connectivity index (χ4n) is 3.43. The third-order valence-corrected chi connectivity index (χ3v) is 7.19. The average Bonchev–Trinajstić information content (AvgIpc) is 2.73. The zero-order chi connectivity index (χ0) is 20.9. The van der Waals surface area contributed by atoms with Crippen molar-refractivity contribution >= 4 is 27.5 Å². The van der Waals surface area contributed by atoms with Gasteiger partial charge in [0.15, 0.2) is 0 Å². The van der Waals surface area contributed by atoms with Gasteiger partial charge < -0.3 is 5.32 Å². The number of nitrogens with one attached hydrogen (secondary N) is 1. The van der Waals surface area contributed by atoms with Gasteiger partial charge in [-0.15, -0.1) is 0 Å². The van der Waals surface area contributed by atoms with Gasteiger partial charge in [0.25, 0.3) is 0 Å². The van der Waals surface area contributed by atoms with Crippen LogP contribution in [-0.4, -0.2) is 38.3 Å². The summed E-state index contributed by atoms with van der Waals surface area (Å²) in [5, 5.41) is 3.37. The van der Waals surface area contributed by atoms with Gasteiger partial charge >= 0.3 is 0 Å². The highest BCUT2D eigenvalue weighted by atomic mass is 35.5. The molecule has 1 saturated heterocycles. The first kappa shape index (κ1) is 21.7. The molecule has 1 amide bonds. The van der Waals surface area contributed by atoms with E-state index < -0.39 is 10.0 Å². The Kier molecular flexibility index (Phi) is 7.27. The third kappa shape index (κ3) is 5.78. The maximum absolute atomic E-state index is 12.9. The smallest absolute Gasteiger partial charge is 0.243 e. The van der Waals surface area contributed by atoms with Gasteiger partial charge in [0.05, 0.1) is 10.8 Å². The van der Waals surface area contributed by atoms with Gasteiger partial charge in [0, 0.05) is 24.7 Å². The van der Waals surface area contributed by atoms with Crippen LogP contribution in [0.2, 0.25) is 5.02 Å². The van der Waals surface area contributed by atoms with Gasteiger partial charge in [0.1, 0.15) is 5.82 Å². The minimum atomic E-state index is -3.65. The molecule has 1 aliphatic rings. The van der Waals surface area contributed by atoms with Crippen LogP contribution in [0.1, 0.15) is 24.8 Å². The number of hydrogen-bond acceptors (Lipinski definition) is 3. The van der Waals surface area contributed by atoms with Gasteiger partial charge in [-0.3, -0.25) is 4.79 Å². The predicted molar refractivity (Wildman–Crippen MR) is 111 cm³/mol. The quantitative estimate of drug-likeness (QED) is 0.671. The van der Waals surface area contributed by atoms with Crippen LogP contribution in [0.15, 0.2) is 53.4 Å². The molecule has 29 heavy (non-hydrogen) atoms. The Labute approximate surface area is 175 Å². The summed E-state index contributed by atoms with van der Waals surface area (Å²) in [4.78, 5) is 12.7. The van der Waals surface area contributed by atoms with Crippen molar-refractivity contribution in [3.63, 3.8) is 0 Å². The number of benzene rings is 2. The maximum Gasteiger partial charge on any atom is 0.243 e. The molecule has 1 aliphatic heterocycles. The number of carbonyl (C=O) groups excluding carboxylic acids is 1. The molecule has 1 N–H and O–H groups in total. The number of amides is 1. The molecule has 0 aliphatic carbocycles. The molecular formula is C21H24ClFN2O3S. The van der Waals surface area contributed by atoms with E-state index in [4.69, 9.17) is 11.6 Å². The molecule has 0 saturated carbocycles. The summed E-state index contributed by atoms with van der Waals surface area (Å²) in [6, 6.07) is 12.4. The Morgan fingerprint density at radius 2 is 1.83 bits per heavy atom. The standard InChI is InChI=1S/C21H24ClFN2O3S/c22-18-7-11-20(12-8-18)29(27,28)25-14-2-4-17(15-25)21(26)24-13-1-3-16-5-9-19(23)10-6-16/h5-12,17H,1-4,13-15H2,(H,24,26). The number of hydrogen-bond donors (Lipinski definition) is 1. The number of carbonyl (C=O) groups is 1. The van der Waals surface area contributed by atoms with E-state index in [0.29, 0.717) is 31.0 Å². The Morgan fingerprint density at radius 3 is 2.52 bits per heavy atom. The zero-order valence-corrected chi connectivity index (χ0v) is 17.6. The third-order valence-electron chi connectivity index (χ3n) is 5.06. The van der Waals surface area contributed by atoms with Crippen molar-refractivity contribution in [3.05, 3.63) is 64.9 Å². The number of rotatable bonds is 7. The zero-order valence-electron chi connectivity index (χ0n) is 16.0. The van der Waals surface area contributed by atoms with E-state index in [9.17, 15) is 17.6 Å². The first-order valence-corrected chi connectivity index (χ1v) is 11.5. The van der Waals surface area contributed by atoms with Crippen molar-refractivity contribution in [2.24, 2.45) is 5.92 Å². The molecule has 0 radical (unpaired) electrons. The van der Waals surface area contributed by atoms with Crippen molar-refractivity contribution in [2.75, 3.05) is 19.6 Å². The van der Waals surface area contributed by atoms with Crippen LogP contribution >= 0.6 is 11.6 Å². The number of sulfonamides is 1. The lowest BCUT2D eigenvalue weighted by Crippen LogP contribution is -2.45. The van der Waals surface area contributed by atoms with E-state index >= 15 is 0 Å². The molecular weight excluding hydrogens is 415 g/mol. The Hall–Kier alpha value is -1.96. The Morgan fingerprint density at radius 1 is 1.14 bits per heavy atom. The lowest BCUT2D eigenvalue weighted by atomic mass is 9.99. The monoisotopic (exact) mass is 438 g/mol. The second kappa shape index (κ2) is 9.69. The lowest BCUT2D eigenvalue weighted by Gasteiger charge is -2.31. The molecule has 1 heterocycles. The molecule has 2 aromatic carbocycles. The summed E-state index contributed by atoms with van der Waals surface area (Å²) in [5.41, 5.74) is 1.01. The van der Waals surface area contributed by atoms with E-state index in [2.05, 4.69) is 5.32 Å². The second-order valence-corrected chi connectivity index (χ2v) is 9.55. The van der Waals surface area contributed by atoms with Gasteiger partial charge in [-0.05, 0) is 67.6 Å². The number of nitrogens with zero attached hydrogens (tertiary/aromatic N) is 1. The number of halogens is 2. The van der Waals surface area contributed by atoms with Crippen molar-refractivity contribution in [1.29, 1.82) is 0 Å². The molecule has 2 aromatic rings. The van der Waals surface area contributed by atoms with Crippen LogP contribution in [0.5, 0.6) is 0 Å². The minimum absolute atomic E-state index is 0.125. The first-order valence-electron chi connectivity index (χ1n) is 9.64. The molecule has 8 heteroatoms. The fraction of sp³-hybridized carbons (Fsp3) is 0.381. The molecule has 1 unspecified atom stereocenters. The van der Waals surface area contributed by atoms with Gasteiger partial charge in [-0.2, -0.15) is 4.31 Å². The highest BCUT2D eigenvalue weighted by Gasteiger charge is 2.33. The van der Waals surface area contributed by atoms with E-state index in [-0.39, 0.29) is 29.1 Å². The lowest BCUT2D eigenvalue weighted by molar-refractivity contribution is -0.126. The summed E-state index contributed by atoms with van der Waals surface area (Å²) in [6.07, 6.45) is 2.77. The van der Waals surface area contributed by atoms with Crippen LogP contribution < -0.4 is 5.32 Å². The molecule has 0 spiro atoms. The highest BCUT2D eigenvalue weighted by molar-refractivity contribution is 7.89. The molecule has 0 aromatic heterocycles. The van der Waals surface area contributed by atoms with E-state index in [1.165, 1.54) is 28.6 Å². The van der Waals surface area contributed by atoms with Crippen LogP contribution in [-0.2, 0) is 21.2 Å². The molecule has 5 nitrogen and oxygen atoms in total. The molecule has 0 bridgehead atoms. The van der Waals surface area contributed by atoms with Crippen LogP contribution in [0, 0.1) is 11.7 Å². The van der Waals surface area contributed by atoms with Crippen LogP contribution in [0.25, 0.3) is 0 Å². The molecule has 3 rings (SSSR count). The van der Waals surface area contributed by atoms with Crippen LogP contribution in [0.3, 0.4) is 0 Å². The average molecular weight is 439 g/mol. The maximum atomic E-state index is 12.9. The summed E-state index contributed by atoms with van der Waals surface area (Å²) < 4.78 is 40.0. The number of piperidine rings is 1. The normalized spacial score (nSPS) is 17.8. The first-order chi connectivity index (χ1) is 13.9. The predicted octanol–water partition coefficient (Wildman–Crippen LogP) is 3.63. The van der Waals surface area contributed by atoms with Gasteiger partial charge in [-0.1, -0.05) is 23.7 Å².